The minimum Gasteiger partial charge on any atom is -0.488 e. The van der Waals surface area contributed by atoms with Gasteiger partial charge in [0.15, 0.2) is 5.84 Å². The molecule has 0 unspecified atom stereocenters. The maximum atomic E-state index is 8.77. The van der Waals surface area contributed by atoms with Crippen LogP contribution in [0, 0.1) is 0 Å². The largest absolute Gasteiger partial charge is 0.488 e. The van der Waals surface area contributed by atoms with E-state index in [0.29, 0.717) is 22.9 Å². The first kappa shape index (κ1) is 14.7. The van der Waals surface area contributed by atoms with Crippen LogP contribution in [-0.4, -0.2) is 11.0 Å². The summed E-state index contributed by atoms with van der Waals surface area (Å²) in [4.78, 5) is 0. The van der Waals surface area contributed by atoms with E-state index in [1.807, 2.05) is 18.2 Å². The van der Waals surface area contributed by atoms with Crippen molar-refractivity contribution in [3.63, 3.8) is 0 Å². The van der Waals surface area contributed by atoms with Crippen LogP contribution >= 0.6 is 27.5 Å². The zero-order chi connectivity index (χ0) is 14.5. The van der Waals surface area contributed by atoms with E-state index >= 15 is 0 Å². The van der Waals surface area contributed by atoms with Gasteiger partial charge in [0.1, 0.15) is 12.4 Å². The monoisotopic (exact) mass is 354 g/mol. The first-order valence-electron chi connectivity index (χ1n) is 5.75. The highest BCUT2D eigenvalue weighted by atomic mass is 79.9. The van der Waals surface area contributed by atoms with Crippen molar-refractivity contribution in [3.05, 3.63) is 63.1 Å². The summed E-state index contributed by atoms with van der Waals surface area (Å²) in [5.74, 6) is 0.725. The van der Waals surface area contributed by atoms with Crippen LogP contribution in [0.2, 0.25) is 5.02 Å². The highest BCUT2D eigenvalue weighted by Gasteiger charge is 2.08. The number of benzene rings is 2. The molecule has 0 radical (unpaired) electrons. The molecule has 0 amide bonds. The van der Waals surface area contributed by atoms with Crippen molar-refractivity contribution in [3.8, 4) is 5.75 Å². The van der Waals surface area contributed by atoms with Crippen molar-refractivity contribution in [2.24, 2.45) is 10.9 Å². The van der Waals surface area contributed by atoms with Crippen LogP contribution in [0.5, 0.6) is 5.75 Å². The summed E-state index contributed by atoms with van der Waals surface area (Å²) in [6.07, 6.45) is 0. The third-order valence-corrected chi connectivity index (χ3v) is 3.53. The molecule has 0 bridgehead atoms. The fourth-order valence-corrected chi connectivity index (χ4v) is 2.49. The molecular formula is C14H12BrClN2O2. The molecule has 0 aliphatic rings. The Morgan fingerprint density at radius 3 is 2.75 bits per heavy atom. The molecule has 104 valence electrons. The van der Waals surface area contributed by atoms with Crippen LogP contribution < -0.4 is 10.5 Å². The Kier molecular flexibility index (Phi) is 4.87. The van der Waals surface area contributed by atoms with Crippen molar-refractivity contribution in [2.75, 3.05) is 0 Å². The molecule has 20 heavy (non-hydrogen) atoms. The van der Waals surface area contributed by atoms with Crippen molar-refractivity contribution in [1.29, 1.82) is 0 Å². The smallest absolute Gasteiger partial charge is 0.170 e. The lowest BCUT2D eigenvalue weighted by Gasteiger charge is -2.11. The molecule has 0 saturated carbocycles. The fraction of sp³-hybridized carbons (Fsp3) is 0.0714. The molecule has 0 fully saturated rings. The summed E-state index contributed by atoms with van der Waals surface area (Å²) in [6.45, 7) is 0.298. The highest BCUT2D eigenvalue weighted by molar-refractivity contribution is 9.10. The number of ether oxygens (including phenoxy) is 1. The molecule has 2 aromatic carbocycles. The van der Waals surface area contributed by atoms with Crippen molar-refractivity contribution in [1.82, 2.24) is 0 Å². The standard InChI is InChI=1S/C14H12BrClN2O2/c15-12-7-10(16)5-6-13(12)20-8-9-3-1-2-4-11(9)14(17)18-19/h1-7,19H,8H2,(H2,17,18). The molecule has 0 heterocycles. The molecule has 0 atom stereocenters. The van der Waals surface area contributed by atoms with E-state index < -0.39 is 0 Å². The van der Waals surface area contributed by atoms with Crippen LogP contribution in [0.15, 0.2) is 52.1 Å². The van der Waals surface area contributed by atoms with Crippen molar-refractivity contribution < 1.29 is 9.94 Å². The average Bonchev–Trinajstić information content (AvgIpc) is 2.46. The van der Waals surface area contributed by atoms with Crippen molar-refractivity contribution in [2.45, 2.75) is 6.61 Å². The molecule has 0 aromatic heterocycles. The van der Waals surface area contributed by atoms with Gasteiger partial charge < -0.3 is 15.7 Å². The van der Waals surface area contributed by atoms with E-state index in [1.54, 1.807) is 24.3 Å². The zero-order valence-corrected chi connectivity index (χ0v) is 12.7. The maximum absolute atomic E-state index is 8.77. The number of hydrogen-bond acceptors (Lipinski definition) is 3. The Morgan fingerprint density at radius 2 is 2.05 bits per heavy atom. The quantitative estimate of drug-likeness (QED) is 0.379. The molecule has 0 saturated heterocycles. The number of nitrogens with two attached hydrogens (primary N) is 1. The lowest BCUT2D eigenvalue weighted by molar-refractivity contribution is 0.303. The minimum absolute atomic E-state index is 0.0550. The average molecular weight is 356 g/mol. The Bertz CT molecular complexity index is 647. The second-order valence-electron chi connectivity index (χ2n) is 4.01. The number of hydrogen-bond donors (Lipinski definition) is 2. The van der Waals surface area contributed by atoms with Gasteiger partial charge in [-0.25, -0.2) is 0 Å². The molecule has 0 aliphatic heterocycles. The summed E-state index contributed by atoms with van der Waals surface area (Å²) in [5.41, 5.74) is 7.09. The summed E-state index contributed by atoms with van der Waals surface area (Å²) in [7, 11) is 0. The molecule has 0 aliphatic carbocycles. The van der Waals surface area contributed by atoms with Crippen molar-refractivity contribution >= 4 is 33.4 Å². The van der Waals surface area contributed by atoms with E-state index in [-0.39, 0.29) is 5.84 Å². The number of oxime groups is 1. The van der Waals surface area contributed by atoms with Crippen LogP contribution in [0.3, 0.4) is 0 Å². The van der Waals surface area contributed by atoms with Gasteiger partial charge in [0.05, 0.1) is 4.47 Å². The fourth-order valence-electron chi connectivity index (χ4n) is 1.70. The van der Waals surface area contributed by atoms with E-state index in [1.165, 1.54) is 0 Å². The summed E-state index contributed by atoms with van der Waals surface area (Å²) in [6, 6.07) is 12.6. The van der Waals surface area contributed by atoms with Crippen LogP contribution in [0.4, 0.5) is 0 Å². The van der Waals surface area contributed by atoms with Gasteiger partial charge in [-0.15, -0.1) is 0 Å². The van der Waals surface area contributed by atoms with E-state index in [2.05, 4.69) is 21.1 Å². The van der Waals surface area contributed by atoms with Crippen LogP contribution in [0.1, 0.15) is 11.1 Å². The van der Waals surface area contributed by atoms with Gasteiger partial charge in [-0.05, 0) is 34.1 Å². The first-order chi connectivity index (χ1) is 9.61. The predicted octanol–water partition coefficient (Wildman–Crippen LogP) is 3.78. The number of halogens is 2. The van der Waals surface area contributed by atoms with E-state index in [0.717, 1.165) is 10.0 Å². The molecule has 4 nitrogen and oxygen atoms in total. The summed E-state index contributed by atoms with van der Waals surface area (Å²) in [5, 5.41) is 12.4. The van der Waals surface area contributed by atoms with E-state index in [9.17, 15) is 0 Å². The van der Waals surface area contributed by atoms with Crippen LogP contribution in [-0.2, 0) is 6.61 Å². The predicted molar refractivity (Wildman–Crippen MR) is 82.4 cm³/mol. The molecule has 2 aromatic rings. The normalized spacial score (nSPS) is 11.4. The van der Waals surface area contributed by atoms with Gasteiger partial charge in [0.25, 0.3) is 0 Å². The Hall–Kier alpha value is -1.72. The third kappa shape index (κ3) is 3.43. The number of rotatable bonds is 4. The Balaban J connectivity index is 2.19. The maximum Gasteiger partial charge on any atom is 0.170 e. The Morgan fingerprint density at radius 1 is 1.30 bits per heavy atom. The molecule has 0 spiro atoms. The van der Waals surface area contributed by atoms with Gasteiger partial charge in [-0.2, -0.15) is 0 Å². The number of nitrogens with zero attached hydrogens (tertiary/aromatic N) is 1. The van der Waals surface area contributed by atoms with Gasteiger partial charge in [0.2, 0.25) is 0 Å². The van der Waals surface area contributed by atoms with Gasteiger partial charge in [-0.3, -0.25) is 0 Å². The first-order valence-corrected chi connectivity index (χ1v) is 6.92. The zero-order valence-electron chi connectivity index (χ0n) is 10.4. The molecule has 6 heteroatoms. The minimum atomic E-state index is 0.0550. The van der Waals surface area contributed by atoms with Gasteiger partial charge in [-0.1, -0.05) is 41.0 Å². The number of amidine groups is 1. The SMILES string of the molecule is N/C(=N\O)c1ccccc1COc1ccc(Cl)cc1Br. The highest BCUT2D eigenvalue weighted by Crippen LogP contribution is 2.28. The molecule has 3 N–H and O–H groups in total. The van der Waals surface area contributed by atoms with Crippen LogP contribution in [0.25, 0.3) is 0 Å². The molecule has 2 rings (SSSR count). The van der Waals surface area contributed by atoms with Gasteiger partial charge >= 0.3 is 0 Å². The lowest BCUT2D eigenvalue weighted by atomic mass is 10.1. The second-order valence-corrected chi connectivity index (χ2v) is 5.30. The topological polar surface area (TPSA) is 67.8 Å². The Labute approximate surface area is 129 Å². The third-order valence-electron chi connectivity index (χ3n) is 2.68. The second kappa shape index (κ2) is 6.63. The summed E-state index contributed by atoms with van der Waals surface area (Å²) >= 11 is 9.26. The van der Waals surface area contributed by atoms with Gasteiger partial charge in [0, 0.05) is 16.1 Å². The lowest BCUT2D eigenvalue weighted by Crippen LogP contribution is -2.16. The summed E-state index contributed by atoms with van der Waals surface area (Å²) < 4.78 is 6.49. The molecular weight excluding hydrogens is 344 g/mol. The van der Waals surface area contributed by atoms with E-state index in [4.69, 9.17) is 27.3 Å².